The highest BCUT2D eigenvalue weighted by Gasteiger charge is 2.35. The van der Waals surface area contributed by atoms with Crippen molar-refractivity contribution in [1.82, 2.24) is 4.31 Å². The van der Waals surface area contributed by atoms with E-state index in [1.54, 1.807) is 13.1 Å². The number of carbonyl (C=O) groups is 1. The van der Waals surface area contributed by atoms with Crippen LogP contribution in [0.3, 0.4) is 0 Å². The van der Waals surface area contributed by atoms with Gasteiger partial charge in [0.1, 0.15) is 10.0 Å². The zero-order chi connectivity index (χ0) is 16.6. The second-order valence-corrected chi connectivity index (χ2v) is 8.61. The summed E-state index contributed by atoms with van der Waals surface area (Å²) in [6.07, 6.45) is 1.75. The SMILES string of the molecule is CN(C1CC1)S(=O)(=O)c1ccc(NC(=O)c2ccccc2F)s1. The highest BCUT2D eigenvalue weighted by molar-refractivity contribution is 7.91. The standard InChI is InChI=1S/C15H15FN2O3S2/c1-18(10-6-7-10)23(20,21)14-9-8-13(22-14)17-15(19)11-4-2-3-5-12(11)16/h2-5,8-10H,6-7H2,1H3,(H,17,19). The Morgan fingerprint density at radius 2 is 1.96 bits per heavy atom. The first-order valence-electron chi connectivity index (χ1n) is 7.03. The fourth-order valence-electron chi connectivity index (χ4n) is 2.13. The topological polar surface area (TPSA) is 66.5 Å². The van der Waals surface area contributed by atoms with E-state index in [-0.39, 0.29) is 15.8 Å². The Morgan fingerprint density at radius 1 is 1.26 bits per heavy atom. The summed E-state index contributed by atoms with van der Waals surface area (Å²) in [7, 11) is -1.98. The fraction of sp³-hybridized carbons (Fsp3) is 0.267. The fourth-order valence-corrected chi connectivity index (χ4v) is 4.93. The molecule has 1 aromatic heterocycles. The Hall–Kier alpha value is -1.77. The number of rotatable bonds is 5. The van der Waals surface area contributed by atoms with Crippen molar-refractivity contribution in [3.63, 3.8) is 0 Å². The van der Waals surface area contributed by atoms with Gasteiger partial charge in [0.15, 0.2) is 0 Å². The van der Waals surface area contributed by atoms with E-state index in [0.717, 1.165) is 24.2 Å². The van der Waals surface area contributed by atoms with E-state index in [4.69, 9.17) is 0 Å². The maximum Gasteiger partial charge on any atom is 0.259 e. The number of nitrogens with zero attached hydrogens (tertiary/aromatic N) is 1. The largest absolute Gasteiger partial charge is 0.313 e. The van der Waals surface area contributed by atoms with Crippen LogP contribution in [0.15, 0.2) is 40.6 Å². The average molecular weight is 354 g/mol. The van der Waals surface area contributed by atoms with E-state index in [2.05, 4.69) is 5.32 Å². The number of anilines is 1. The number of thiophene rings is 1. The van der Waals surface area contributed by atoms with Crippen LogP contribution in [0.5, 0.6) is 0 Å². The molecule has 1 amide bonds. The number of benzene rings is 1. The summed E-state index contributed by atoms with van der Waals surface area (Å²) in [4.78, 5) is 12.0. The highest BCUT2D eigenvalue weighted by atomic mass is 32.2. The van der Waals surface area contributed by atoms with Gasteiger partial charge in [0.2, 0.25) is 0 Å². The van der Waals surface area contributed by atoms with Gasteiger partial charge in [-0.05, 0) is 37.1 Å². The van der Waals surface area contributed by atoms with Crippen molar-refractivity contribution < 1.29 is 17.6 Å². The molecule has 0 atom stereocenters. The van der Waals surface area contributed by atoms with Gasteiger partial charge < -0.3 is 5.32 Å². The van der Waals surface area contributed by atoms with Crippen LogP contribution < -0.4 is 5.32 Å². The number of carbonyl (C=O) groups excluding carboxylic acids is 1. The first-order valence-corrected chi connectivity index (χ1v) is 9.29. The van der Waals surface area contributed by atoms with E-state index in [0.29, 0.717) is 5.00 Å². The van der Waals surface area contributed by atoms with E-state index in [9.17, 15) is 17.6 Å². The summed E-state index contributed by atoms with van der Waals surface area (Å²) >= 11 is 0.958. The van der Waals surface area contributed by atoms with Crippen LogP contribution in [0.25, 0.3) is 0 Å². The van der Waals surface area contributed by atoms with E-state index in [1.807, 2.05) is 0 Å². The van der Waals surface area contributed by atoms with Gasteiger partial charge >= 0.3 is 0 Å². The molecular weight excluding hydrogens is 339 g/mol. The molecule has 1 aromatic carbocycles. The third-order valence-electron chi connectivity index (χ3n) is 3.63. The number of amides is 1. The summed E-state index contributed by atoms with van der Waals surface area (Å²) in [5, 5.41) is 2.89. The molecule has 8 heteroatoms. The maximum atomic E-state index is 13.6. The molecule has 122 valence electrons. The maximum absolute atomic E-state index is 13.6. The lowest BCUT2D eigenvalue weighted by Crippen LogP contribution is -2.28. The molecule has 1 aliphatic carbocycles. The number of nitrogens with one attached hydrogen (secondary N) is 1. The molecule has 0 spiro atoms. The summed E-state index contributed by atoms with van der Waals surface area (Å²) in [6, 6.07) is 8.66. The molecule has 0 bridgehead atoms. The third-order valence-corrected chi connectivity index (χ3v) is 7.01. The van der Waals surface area contributed by atoms with Gasteiger partial charge in [-0.2, -0.15) is 4.31 Å². The molecule has 1 N–H and O–H groups in total. The normalized spacial score (nSPS) is 14.9. The van der Waals surface area contributed by atoms with Crippen LogP contribution in [0.2, 0.25) is 0 Å². The van der Waals surface area contributed by atoms with Gasteiger partial charge in [0.25, 0.3) is 15.9 Å². The predicted molar refractivity (Wildman–Crippen MR) is 86.6 cm³/mol. The summed E-state index contributed by atoms with van der Waals surface area (Å²) in [5.74, 6) is -1.23. The van der Waals surface area contributed by atoms with E-state index in [1.165, 1.54) is 34.6 Å². The molecule has 1 fully saturated rings. The zero-order valence-electron chi connectivity index (χ0n) is 12.3. The molecule has 0 radical (unpaired) electrons. The van der Waals surface area contributed by atoms with Crippen molar-refractivity contribution in [2.24, 2.45) is 0 Å². The minimum Gasteiger partial charge on any atom is -0.313 e. The average Bonchev–Trinajstić information content (AvgIpc) is 3.26. The number of hydrogen-bond acceptors (Lipinski definition) is 4. The van der Waals surface area contributed by atoms with Gasteiger partial charge in [0, 0.05) is 13.1 Å². The molecule has 1 heterocycles. The molecule has 2 aromatic rings. The summed E-state index contributed by atoms with van der Waals surface area (Å²) in [5.41, 5.74) is -0.0830. The van der Waals surface area contributed by atoms with Gasteiger partial charge in [-0.15, -0.1) is 11.3 Å². The Labute approximate surface area is 137 Å². The van der Waals surface area contributed by atoms with E-state index >= 15 is 0 Å². The van der Waals surface area contributed by atoms with Crippen molar-refractivity contribution in [3.05, 3.63) is 47.8 Å². The summed E-state index contributed by atoms with van der Waals surface area (Å²) < 4.78 is 39.9. The van der Waals surface area contributed by atoms with E-state index < -0.39 is 21.7 Å². The Bertz CT molecular complexity index is 844. The molecule has 1 saturated carbocycles. The number of sulfonamides is 1. The second-order valence-electron chi connectivity index (χ2n) is 5.31. The molecule has 0 aliphatic heterocycles. The Balaban J connectivity index is 1.77. The minimum absolute atomic E-state index is 0.0681. The van der Waals surface area contributed by atoms with Crippen molar-refractivity contribution >= 4 is 32.3 Å². The Kier molecular flexibility index (Phi) is 4.22. The van der Waals surface area contributed by atoms with Gasteiger partial charge in [0.05, 0.1) is 10.6 Å². The molecule has 5 nitrogen and oxygen atoms in total. The molecule has 0 saturated heterocycles. The lowest BCUT2D eigenvalue weighted by atomic mass is 10.2. The Morgan fingerprint density at radius 3 is 2.61 bits per heavy atom. The molecular formula is C15H15FN2O3S2. The number of hydrogen-bond donors (Lipinski definition) is 1. The molecule has 3 rings (SSSR count). The lowest BCUT2D eigenvalue weighted by molar-refractivity contribution is 0.102. The minimum atomic E-state index is -3.54. The third kappa shape index (κ3) is 3.29. The molecule has 23 heavy (non-hydrogen) atoms. The van der Waals surface area contributed by atoms with Crippen LogP contribution in [0.1, 0.15) is 23.2 Å². The number of halogens is 1. The van der Waals surface area contributed by atoms with Crippen LogP contribution >= 0.6 is 11.3 Å². The highest BCUT2D eigenvalue weighted by Crippen LogP contribution is 2.34. The first kappa shape index (κ1) is 16.1. The first-order chi connectivity index (χ1) is 10.9. The lowest BCUT2D eigenvalue weighted by Gasteiger charge is -2.14. The summed E-state index contributed by atoms with van der Waals surface area (Å²) in [6.45, 7) is 0. The van der Waals surface area contributed by atoms with Crippen LogP contribution in [-0.2, 0) is 10.0 Å². The predicted octanol–water partition coefficient (Wildman–Crippen LogP) is 2.92. The van der Waals surface area contributed by atoms with Crippen LogP contribution in [0, 0.1) is 5.82 Å². The zero-order valence-corrected chi connectivity index (χ0v) is 14.0. The van der Waals surface area contributed by atoms with Crippen molar-refractivity contribution in [1.29, 1.82) is 0 Å². The van der Waals surface area contributed by atoms with Crippen molar-refractivity contribution in [3.8, 4) is 0 Å². The molecule has 1 aliphatic rings. The van der Waals surface area contributed by atoms with Gasteiger partial charge in [-0.25, -0.2) is 12.8 Å². The smallest absolute Gasteiger partial charge is 0.259 e. The quantitative estimate of drug-likeness (QED) is 0.898. The van der Waals surface area contributed by atoms with Crippen LogP contribution in [-0.4, -0.2) is 31.7 Å². The second kappa shape index (κ2) is 6.03. The van der Waals surface area contributed by atoms with Crippen LogP contribution in [0.4, 0.5) is 9.39 Å². The van der Waals surface area contributed by atoms with Crippen molar-refractivity contribution in [2.45, 2.75) is 23.1 Å². The van der Waals surface area contributed by atoms with Gasteiger partial charge in [-0.3, -0.25) is 4.79 Å². The van der Waals surface area contributed by atoms with Gasteiger partial charge in [-0.1, -0.05) is 12.1 Å². The molecule has 0 unspecified atom stereocenters. The van der Waals surface area contributed by atoms with Crippen molar-refractivity contribution in [2.75, 3.05) is 12.4 Å². The monoisotopic (exact) mass is 354 g/mol.